The fraction of sp³-hybridized carbons (Fsp3) is 0.120. The predicted octanol–water partition coefficient (Wildman–Crippen LogP) is 5.61. The Morgan fingerprint density at radius 2 is 1.27 bits per heavy atom. The Hall–Kier alpha value is -2.36. The minimum atomic E-state index is -1.47. The van der Waals surface area contributed by atoms with Crippen molar-refractivity contribution in [1.82, 2.24) is 0 Å². The number of carbonyl (C=O) groups is 2. The van der Waals surface area contributed by atoms with Crippen LogP contribution in [0.25, 0.3) is 0 Å². The molecule has 33 heavy (non-hydrogen) atoms. The maximum Gasteiger partial charge on any atom is 0.489 e. The summed E-state index contributed by atoms with van der Waals surface area (Å²) in [4.78, 5) is 21.9. The molecule has 4 nitrogen and oxygen atoms in total. The van der Waals surface area contributed by atoms with Gasteiger partial charge in [-0.05, 0) is 51.5 Å². The first-order chi connectivity index (χ1) is 15.5. The molecule has 0 saturated heterocycles. The van der Waals surface area contributed by atoms with Crippen LogP contribution in [-0.4, -0.2) is 29.7 Å². The molecule has 4 aromatic rings. The average molecular weight is 545 g/mol. The van der Waals surface area contributed by atoms with E-state index in [1.165, 1.54) is 50.8 Å². The SMILES string of the molecule is BrCc1ccccc1.C.O=Cc1cc(B(O)O)cs1.O=Cc1cc(Cc2ccccc2)cs1. The van der Waals surface area contributed by atoms with Crippen molar-refractivity contribution in [2.24, 2.45) is 0 Å². The van der Waals surface area contributed by atoms with Crippen molar-refractivity contribution in [2.75, 3.05) is 0 Å². The zero-order valence-corrected chi connectivity index (χ0v) is 20.4. The lowest BCUT2D eigenvalue weighted by atomic mass is 9.83. The molecule has 172 valence electrons. The summed E-state index contributed by atoms with van der Waals surface area (Å²) in [6.45, 7) is 0. The summed E-state index contributed by atoms with van der Waals surface area (Å²) in [5.74, 6) is 0. The number of hydrogen-bond acceptors (Lipinski definition) is 6. The minimum absolute atomic E-state index is 0. The van der Waals surface area contributed by atoms with Gasteiger partial charge >= 0.3 is 7.12 Å². The maximum absolute atomic E-state index is 10.5. The Kier molecular flexibility index (Phi) is 14.2. The first kappa shape index (κ1) is 28.7. The monoisotopic (exact) mass is 544 g/mol. The normalized spacial score (nSPS) is 9.30. The van der Waals surface area contributed by atoms with Gasteiger partial charge < -0.3 is 10.0 Å². The van der Waals surface area contributed by atoms with Gasteiger partial charge in [0.05, 0.1) is 9.75 Å². The molecule has 0 atom stereocenters. The van der Waals surface area contributed by atoms with Crippen molar-refractivity contribution in [2.45, 2.75) is 19.2 Å². The molecule has 0 saturated carbocycles. The molecular weight excluding hydrogens is 519 g/mol. The fourth-order valence-corrected chi connectivity index (χ4v) is 4.32. The number of hydrogen-bond donors (Lipinski definition) is 2. The molecule has 4 rings (SSSR count). The van der Waals surface area contributed by atoms with Crippen LogP contribution in [0.5, 0.6) is 0 Å². The van der Waals surface area contributed by atoms with Gasteiger partial charge in [0, 0.05) is 5.33 Å². The topological polar surface area (TPSA) is 74.6 Å². The maximum atomic E-state index is 10.5. The van der Waals surface area contributed by atoms with E-state index in [0.717, 1.165) is 22.9 Å². The number of rotatable bonds is 6. The molecule has 2 aromatic heterocycles. The molecule has 0 unspecified atom stereocenters. The molecule has 0 amide bonds. The molecule has 2 N–H and O–H groups in total. The van der Waals surface area contributed by atoms with Crippen molar-refractivity contribution >= 4 is 63.8 Å². The average Bonchev–Trinajstić information content (AvgIpc) is 3.51. The number of carbonyl (C=O) groups excluding carboxylic acids is 2. The molecule has 0 fully saturated rings. The minimum Gasteiger partial charge on any atom is -0.423 e. The number of thiophene rings is 2. The lowest BCUT2D eigenvalue weighted by Crippen LogP contribution is -2.27. The van der Waals surface area contributed by atoms with Crippen LogP contribution < -0.4 is 5.46 Å². The smallest absolute Gasteiger partial charge is 0.423 e. The van der Waals surface area contributed by atoms with E-state index >= 15 is 0 Å². The van der Waals surface area contributed by atoms with Crippen LogP contribution in [0.1, 0.15) is 43.5 Å². The number of benzene rings is 2. The summed E-state index contributed by atoms with van der Waals surface area (Å²) in [6, 6.07) is 23.9. The summed E-state index contributed by atoms with van der Waals surface area (Å²) >= 11 is 6.05. The van der Waals surface area contributed by atoms with Gasteiger partial charge in [0.15, 0.2) is 12.6 Å². The molecular formula is C25H26BBrO4S2. The second kappa shape index (κ2) is 16.3. The lowest BCUT2D eigenvalue weighted by molar-refractivity contribution is 0.111. The van der Waals surface area contributed by atoms with Crippen LogP contribution in [0.3, 0.4) is 0 Å². The van der Waals surface area contributed by atoms with Gasteiger partial charge in [-0.2, -0.15) is 0 Å². The zero-order valence-electron chi connectivity index (χ0n) is 17.1. The van der Waals surface area contributed by atoms with E-state index < -0.39 is 7.12 Å². The lowest BCUT2D eigenvalue weighted by Gasteiger charge is -1.96. The molecule has 0 spiro atoms. The van der Waals surface area contributed by atoms with Crippen molar-refractivity contribution in [3.8, 4) is 0 Å². The van der Waals surface area contributed by atoms with E-state index in [-0.39, 0.29) is 7.43 Å². The van der Waals surface area contributed by atoms with Gasteiger partial charge in [-0.25, -0.2) is 0 Å². The summed E-state index contributed by atoms with van der Waals surface area (Å²) in [6.07, 6.45) is 2.49. The van der Waals surface area contributed by atoms with Crippen LogP contribution in [0, 0.1) is 0 Å². The number of aldehydes is 2. The van der Waals surface area contributed by atoms with E-state index in [9.17, 15) is 9.59 Å². The standard InChI is InChI=1S/C12H10OS.C7H7Br.C5H5BO3S.CH4/c13-8-12-7-11(9-14-12)6-10-4-2-1-3-5-10;8-6-7-4-2-1-3-5-7;7-2-5-1-4(3-10-5)6(8)9;/h1-5,7-9H,6H2;1-5H,6H2;1-3,8-9H;1H4. The van der Waals surface area contributed by atoms with Crippen LogP contribution in [0.4, 0.5) is 0 Å². The van der Waals surface area contributed by atoms with Gasteiger partial charge in [0.25, 0.3) is 0 Å². The Labute approximate surface area is 211 Å². The largest absolute Gasteiger partial charge is 0.489 e. The predicted molar refractivity (Wildman–Crippen MR) is 144 cm³/mol. The van der Waals surface area contributed by atoms with Crippen LogP contribution in [0.15, 0.2) is 83.6 Å². The molecule has 0 aliphatic rings. The zero-order chi connectivity index (χ0) is 23.2. The van der Waals surface area contributed by atoms with Crippen LogP contribution in [0.2, 0.25) is 0 Å². The van der Waals surface area contributed by atoms with Crippen molar-refractivity contribution < 1.29 is 19.6 Å². The van der Waals surface area contributed by atoms with Crippen molar-refractivity contribution in [3.05, 3.63) is 110 Å². The third kappa shape index (κ3) is 10.9. The van der Waals surface area contributed by atoms with Gasteiger partial charge in [-0.1, -0.05) is 84.0 Å². The van der Waals surface area contributed by atoms with E-state index in [1.807, 2.05) is 47.8 Å². The number of halogens is 1. The van der Waals surface area contributed by atoms with Crippen molar-refractivity contribution in [3.63, 3.8) is 0 Å². The first-order valence-corrected chi connectivity index (χ1v) is 12.5. The van der Waals surface area contributed by atoms with E-state index in [0.29, 0.717) is 16.6 Å². The summed E-state index contributed by atoms with van der Waals surface area (Å²) < 4.78 is 0. The second-order valence-corrected chi connectivity index (χ2v) is 8.98. The van der Waals surface area contributed by atoms with Gasteiger partial charge in [0.1, 0.15) is 0 Å². The highest BCUT2D eigenvalue weighted by Gasteiger charge is 2.12. The van der Waals surface area contributed by atoms with E-state index in [1.54, 1.807) is 0 Å². The van der Waals surface area contributed by atoms with Crippen molar-refractivity contribution in [1.29, 1.82) is 0 Å². The Morgan fingerprint density at radius 3 is 1.67 bits per heavy atom. The molecule has 8 heteroatoms. The number of alkyl halides is 1. The molecule has 0 aliphatic heterocycles. The van der Waals surface area contributed by atoms with Gasteiger partial charge in [-0.15, -0.1) is 22.7 Å². The van der Waals surface area contributed by atoms with Crippen LogP contribution >= 0.6 is 38.6 Å². The summed E-state index contributed by atoms with van der Waals surface area (Å²) in [7, 11) is -1.47. The van der Waals surface area contributed by atoms with Crippen LogP contribution in [-0.2, 0) is 11.8 Å². The molecule has 0 bridgehead atoms. The highest BCUT2D eigenvalue weighted by molar-refractivity contribution is 9.08. The van der Waals surface area contributed by atoms with Gasteiger partial charge in [-0.3, -0.25) is 9.59 Å². The molecule has 2 aromatic carbocycles. The third-order valence-corrected chi connectivity index (χ3v) is 6.52. The Balaban J connectivity index is 0.000000255. The summed E-state index contributed by atoms with van der Waals surface area (Å²) in [5.41, 5.74) is 4.19. The molecule has 0 aliphatic carbocycles. The van der Waals surface area contributed by atoms with E-state index in [4.69, 9.17) is 10.0 Å². The quantitative estimate of drug-likeness (QED) is 0.188. The molecule has 2 heterocycles. The highest BCUT2D eigenvalue weighted by atomic mass is 79.9. The molecule has 0 radical (unpaired) electrons. The highest BCUT2D eigenvalue weighted by Crippen LogP contribution is 2.16. The third-order valence-electron chi connectivity index (χ3n) is 4.09. The second-order valence-electron chi connectivity index (χ2n) is 6.53. The Morgan fingerprint density at radius 1 is 0.758 bits per heavy atom. The summed E-state index contributed by atoms with van der Waals surface area (Å²) in [5, 5.41) is 21.7. The Bertz CT molecular complexity index is 1070. The fourth-order valence-electron chi connectivity index (χ4n) is 2.51. The van der Waals surface area contributed by atoms with Gasteiger partial charge in [0.2, 0.25) is 0 Å². The first-order valence-electron chi connectivity index (χ1n) is 9.61. The van der Waals surface area contributed by atoms with E-state index in [2.05, 4.69) is 40.2 Å².